The van der Waals surface area contributed by atoms with Crippen LogP contribution >= 0.6 is 0 Å². The Morgan fingerprint density at radius 2 is 1.35 bits per heavy atom. The average molecular weight is 280 g/mol. The van der Waals surface area contributed by atoms with Crippen LogP contribution in [0.1, 0.15) is 47.1 Å². The summed E-state index contributed by atoms with van der Waals surface area (Å²) in [4.78, 5) is 4.42. The minimum Gasteiger partial charge on any atom is -0.538 e. The molecule has 4 nitrogen and oxygen atoms in total. The van der Waals surface area contributed by atoms with Gasteiger partial charge in [0.2, 0.25) is 0 Å². The van der Waals surface area contributed by atoms with Crippen molar-refractivity contribution in [2.75, 3.05) is 0 Å². The van der Waals surface area contributed by atoms with Gasteiger partial charge in [-0.05, 0) is 60.1 Å². The van der Waals surface area contributed by atoms with Crippen molar-refractivity contribution < 1.29 is 14.0 Å². The third-order valence-corrected chi connectivity index (χ3v) is 2.65. The lowest BCUT2D eigenvalue weighted by Gasteiger charge is -2.45. The van der Waals surface area contributed by atoms with E-state index in [4.69, 9.17) is 14.0 Å². The molecule has 0 unspecified atom stereocenters. The molecule has 0 bridgehead atoms. The zero-order valence-corrected chi connectivity index (χ0v) is 13.7. The number of pyridine rings is 1. The summed E-state index contributed by atoms with van der Waals surface area (Å²) in [6.45, 7) is 11.8. The van der Waals surface area contributed by atoms with Crippen LogP contribution < -0.4 is 5.59 Å². The summed E-state index contributed by atoms with van der Waals surface area (Å²) in [5.74, 6) is 0. The van der Waals surface area contributed by atoms with E-state index in [0.29, 0.717) is 5.59 Å². The van der Waals surface area contributed by atoms with E-state index in [0.717, 1.165) is 5.56 Å². The van der Waals surface area contributed by atoms with Gasteiger partial charge in [0.25, 0.3) is 0 Å². The molecule has 0 atom stereocenters. The van der Waals surface area contributed by atoms with Crippen LogP contribution in [-0.4, -0.2) is 30.1 Å². The SMILES string of the molecule is Cc1ccnc([B-](OC(C)C)(OC(C)C)OC(C)C)c1. The van der Waals surface area contributed by atoms with Crippen molar-refractivity contribution in [2.45, 2.75) is 66.8 Å². The Morgan fingerprint density at radius 3 is 1.70 bits per heavy atom. The molecular formula is C15H27BNO3-. The van der Waals surface area contributed by atoms with Crippen LogP contribution in [0.25, 0.3) is 0 Å². The van der Waals surface area contributed by atoms with Gasteiger partial charge in [0.05, 0.1) is 0 Å². The highest BCUT2D eigenvalue weighted by Crippen LogP contribution is 2.17. The number of hydrogen-bond acceptors (Lipinski definition) is 4. The summed E-state index contributed by atoms with van der Waals surface area (Å²) in [6.07, 6.45) is 1.71. The van der Waals surface area contributed by atoms with Crippen LogP contribution in [-0.2, 0) is 14.0 Å². The number of nitrogens with zero attached hydrogens (tertiary/aromatic N) is 1. The van der Waals surface area contributed by atoms with Gasteiger partial charge in [-0.15, -0.1) is 0 Å². The predicted molar refractivity (Wildman–Crippen MR) is 83.0 cm³/mol. The van der Waals surface area contributed by atoms with Crippen LogP contribution in [0.15, 0.2) is 18.3 Å². The number of aromatic nitrogens is 1. The van der Waals surface area contributed by atoms with Crippen molar-refractivity contribution in [3.05, 3.63) is 23.9 Å². The number of aryl methyl sites for hydroxylation is 1. The smallest absolute Gasteiger partial charge is 0.428 e. The van der Waals surface area contributed by atoms with Gasteiger partial charge in [-0.25, -0.2) is 0 Å². The molecule has 0 radical (unpaired) electrons. The van der Waals surface area contributed by atoms with E-state index in [2.05, 4.69) is 4.98 Å². The molecule has 0 aromatic carbocycles. The normalized spacial score (nSPS) is 12.7. The van der Waals surface area contributed by atoms with E-state index in [1.54, 1.807) is 6.20 Å². The zero-order chi connectivity index (χ0) is 15.3. The van der Waals surface area contributed by atoms with Crippen LogP contribution in [0.5, 0.6) is 0 Å². The van der Waals surface area contributed by atoms with Crippen molar-refractivity contribution in [2.24, 2.45) is 0 Å². The Balaban J connectivity index is 3.26. The molecule has 0 spiro atoms. The highest BCUT2D eigenvalue weighted by molar-refractivity contribution is 6.74. The molecule has 1 aromatic heterocycles. The Labute approximate surface area is 122 Å². The maximum Gasteiger partial charge on any atom is 0.428 e. The molecule has 1 rings (SSSR count). The lowest BCUT2D eigenvalue weighted by atomic mass is 9.71. The molecule has 0 saturated carbocycles. The van der Waals surface area contributed by atoms with Gasteiger partial charge < -0.3 is 14.0 Å². The first kappa shape index (κ1) is 17.1. The lowest BCUT2D eigenvalue weighted by Crippen LogP contribution is -2.61. The molecule has 5 heteroatoms. The van der Waals surface area contributed by atoms with Gasteiger partial charge in [-0.2, -0.15) is 0 Å². The molecule has 0 aliphatic heterocycles. The number of rotatable bonds is 7. The van der Waals surface area contributed by atoms with E-state index in [1.807, 2.05) is 60.6 Å². The van der Waals surface area contributed by atoms with E-state index in [1.165, 1.54) is 0 Å². The highest BCUT2D eigenvalue weighted by atomic mass is 16.8. The van der Waals surface area contributed by atoms with Crippen LogP contribution in [0.2, 0.25) is 0 Å². The van der Waals surface area contributed by atoms with Crippen molar-refractivity contribution in [3.8, 4) is 0 Å². The van der Waals surface area contributed by atoms with Gasteiger partial charge in [0.1, 0.15) is 0 Å². The van der Waals surface area contributed by atoms with Crippen LogP contribution in [0.3, 0.4) is 0 Å². The largest absolute Gasteiger partial charge is 0.538 e. The van der Waals surface area contributed by atoms with Gasteiger partial charge in [-0.3, -0.25) is 4.98 Å². The van der Waals surface area contributed by atoms with Gasteiger partial charge in [0.15, 0.2) is 0 Å². The Morgan fingerprint density at radius 1 is 0.900 bits per heavy atom. The van der Waals surface area contributed by atoms with E-state index < -0.39 is 6.75 Å². The molecule has 1 aromatic rings. The summed E-state index contributed by atoms with van der Waals surface area (Å²) < 4.78 is 18.2. The van der Waals surface area contributed by atoms with Gasteiger partial charge in [-0.1, -0.05) is 11.6 Å². The highest BCUT2D eigenvalue weighted by Gasteiger charge is 2.36. The van der Waals surface area contributed by atoms with Crippen molar-refractivity contribution in [1.29, 1.82) is 0 Å². The zero-order valence-electron chi connectivity index (χ0n) is 13.7. The van der Waals surface area contributed by atoms with Crippen molar-refractivity contribution >= 4 is 12.3 Å². The van der Waals surface area contributed by atoms with Crippen LogP contribution in [0.4, 0.5) is 0 Å². The Kier molecular flexibility index (Phi) is 6.18. The quantitative estimate of drug-likeness (QED) is 0.720. The molecule has 0 aliphatic carbocycles. The molecule has 0 N–H and O–H groups in total. The summed E-state index contributed by atoms with van der Waals surface area (Å²) >= 11 is 0. The van der Waals surface area contributed by atoms with E-state index >= 15 is 0 Å². The summed E-state index contributed by atoms with van der Waals surface area (Å²) in [5, 5.41) is 0. The molecule has 0 fully saturated rings. The molecule has 1 heterocycles. The topological polar surface area (TPSA) is 40.6 Å². The maximum atomic E-state index is 6.06. The third-order valence-electron chi connectivity index (χ3n) is 2.65. The lowest BCUT2D eigenvalue weighted by molar-refractivity contribution is 0.0146. The second kappa shape index (κ2) is 7.20. The minimum absolute atomic E-state index is 0.0187. The summed E-state index contributed by atoms with van der Waals surface area (Å²) in [5.41, 5.74) is 1.81. The molecule has 20 heavy (non-hydrogen) atoms. The fourth-order valence-corrected chi connectivity index (χ4v) is 2.13. The summed E-state index contributed by atoms with van der Waals surface area (Å²) in [6, 6.07) is 3.91. The third kappa shape index (κ3) is 4.89. The first-order valence-corrected chi connectivity index (χ1v) is 7.35. The molecule has 0 saturated heterocycles. The first-order chi connectivity index (χ1) is 9.25. The predicted octanol–water partition coefficient (Wildman–Crippen LogP) is 2.81. The van der Waals surface area contributed by atoms with Crippen molar-refractivity contribution in [1.82, 2.24) is 4.98 Å². The average Bonchev–Trinajstić information content (AvgIpc) is 2.25. The Bertz CT molecular complexity index is 395. The summed E-state index contributed by atoms with van der Waals surface area (Å²) in [7, 11) is 0. The van der Waals surface area contributed by atoms with Gasteiger partial charge >= 0.3 is 6.75 Å². The minimum atomic E-state index is -2.05. The molecule has 114 valence electrons. The fraction of sp³-hybridized carbons (Fsp3) is 0.667. The molecule has 0 amide bonds. The van der Waals surface area contributed by atoms with Gasteiger partial charge in [0, 0.05) is 24.5 Å². The monoisotopic (exact) mass is 280 g/mol. The number of hydrogen-bond donors (Lipinski definition) is 0. The maximum absolute atomic E-state index is 6.06. The first-order valence-electron chi connectivity index (χ1n) is 7.35. The Hall–Kier alpha value is -0.905. The van der Waals surface area contributed by atoms with Crippen LogP contribution in [0, 0.1) is 6.92 Å². The fourth-order valence-electron chi connectivity index (χ4n) is 2.13. The van der Waals surface area contributed by atoms with E-state index in [9.17, 15) is 0 Å². The standard InChI is InChI=1S/C15H27BNO3/c1-11(2)18-16(19-12(3)4,20-13(5)6)15-10-14(7)8-9-17-15/h8-13H,1-7H3/q-1. The van der Waals surface area contributed by atoms with E-state index in [-0.39, 0.29) is 18.3 Å². The molecular weight excluding hydrogens is 253 g/mol. The second-order valence-electron chi connectivity index (χ2n) is 5.95. The van der Waals surface area contributed by atoms with Crippen molar-refractivity contribution in [3.63, 3.8) is 0 Å². The second-order valence-corrected chi connectivity index (χ2v) is 5.95. The molecule has 0 aliphatic rings.